The van der Waals surface area contributed by atoms with Crippen LogP contribution in [-0.4, -0.2) is 27.3 Å². The number of hydrogen-bond donors (Lipinski definition) is 1. The van der Waals surface area contributed by atoms with Crippen molar-refractivity contribution in [2.45, 2.75) is 19.8 Å². The van der Waals surface area contributed by atoms with Crippen LogP contribution in [0.2, 0.25) is 0 Å². The minimum atomic E-state index is 0.888. The first-order valence-corrected chi connectivity index (χ1v) is 5.73. The van der Waals surface area contributed by atoms with Crippen molar-refractivity contribution >= 4 is 0 Å². The highest BCUT2D eigenvalue weighted by atomic mass is 16.5. The van der Waals surface area contributed by atoms with Gasteiger partial charge >= 0.3 is 0 Å². The summed E-state index contributed by atoms with van der Waals surface area (Å²) in [6.45, 7) is 4.18. The van der Waals surface area contributed by atoms with Gasteiger partial charge in [-0.2, -0.15) is 0 Å². The Balaban J connectivity index is 2.60. The van der Waals surface area contributed by atoms with Crippen molar-refractivity contribution in [1.29, 1.82) is 0 Å². The molecular weight excluding hydrogens is 202 g/mol. The second-order valence-electron chi connectivity index (χ2n) is 3.63. The Hall–Kier alpha value is -1.22. The van der Waals surface area contributed by atoms with Gasteiger partial charge in [0.25, 0.3) is 0 Å². The van der Waals surface area contributed by atoms with Gasteiger partial charge in [-0.1, -0.05) is 6.92 Å². The van der Waals surface area contributed by atoms with Crippen LogP contribution in [0, 0.1) is 0 Å². The lowest BCUT2D eigenvalue weighted by Gasteiger charge is -2.10. The van der Waals surface area contributed by atoms with Crippen LogP contribution in [-0.2, 0) is 6.42 Å². The summed E-state index contributed by atoms with van der Waals surface area (Å²) in [4.78, 5) is 0. The predicted octanol–water partition coefficient (Wildman–Crippen LogP) is 2.25. The van der Waals surface area contributed by atoms with E-state index in [2.05, 4.69) is 12.2 Å². The molecule has 0 atom stereocenters. The third kappa shape index (κ3) is 3.74. The van der Waals surface area contributed by atoms with Crippen LogP contribution < -0.4 is 14.8 Å². The van der Waals surface area contributed by atoms with Crippen molar-refractivity contribution in [2.75, 3.05) is 27.3 Å². The Morgan fingerprint density at radius 2 is 2.00 bits per heavy atom. The van der Waals surface area contributed by atoms with Gasteiger partial charge in [-0.15, -0.1) is 0 Å². The van der Waals surface area contributed by atoms with E-state index in [4.69, 9.17) is 9.47 Å². The average molecular weight is 223 g/mol. The summed E-state index contributed by atoms with van der Waals surface area (Å²) in [5.74, 6) is 1.83. The molecule has 0 amide bonds. The Morgan fingerprint density at radius 3 is 2.62 bits per heavy atom. The number of methoxy groups -OCH3 is 2. The molecule has 0 aliphatic rings. The zero-order valence-electron chi connectivity index (χ0n) is 10.4. The van der Waals surface area contributed by atoms with Crippen molar-refractivity contribution in [2.24, 2.45) is 0 Å². The molecule has 3 heteroatoms. The zero-order valence-corrected chi connectivity index (χ0v) is 10.4. The smallest absolute Gasteiger partial charge is 0.122 e. The van der Waals surface area contributed by atoms with Crippen LogP contribution in [0.25, 0.3) is 0 Å². The molecule has 0 saturated carbocycles. The van der Waals surface area contributed by atoms with Crippen molar-refractivity contribution in [3.63, 3.8) is 0 Å². The van der Waals surface area contributed by atoms with Crippen molar-refractivity contribution in [3.05, 3.63) is 23.8 Å². The Kier molecular flexibility index (Phi) is 5.72. The lowest BCUT2D eigenvalue weighted by Crippen LogP contribution is -2.14. The third-order valence-electron chi connectivity index (χ3n) is 2.54. The van der Waals surface area contributed by atoms with Crippen LogP contribution >= 0.6 is 0 Å². The van der Waals surface area contributed by atoms with E-state index in [0.29, 0.717) is 0 Å². The number of benzene rings is 1. The Labute approximate surface area is 97.8 Å². The first-order chi connectivity index (χ1) is 7.81. The van der Waals surface area contributed by atoms with Crippen molar-refractivity contribution in [1.82, 2.24) is 5.32 Å². The van der Waals surface area contributed by atoms with E-state index < -0.39 is 0 Å². The normalized spacial score (nSPS) is 10.2. The SMILES string of the molecule is CCNCCCc1cc(OC)ccc1OC. The second kappa shape index (κ2) is 7.12. The number of aryl methyl sites for hydroxylation is 1. The molecule has 0 radical (unpaired) electrons. The van der Waals surface area contributed by atoms with E-state index in [-0.39, 0.29) is 0 Å². The Bertz CT molecular complexity index is 313. The summed E-state index contributed by atoms with van der Waals surface area (Å²) in [5.41, 5.74) is 1.21. The summed E-state index contributed by atoms with van der Waals surface area (Å²) in [6.07, 6.45) is 2.12. The zero-order chi connectivity index (χ0) is 11.8. The van der Waals surface area contributed by atoms with Crippen LogP contribution in [0.3, 0.4) is 0 Å². The van der Waals surface area contributed by atoms with Crippen molar-refractivity contribution in [3.8, 4) is 11.5 Å². The maximum Gasteiger partial charge on any atom is 0.122 e. The second-order valence-corrected chi connectivity index (χ2v) is 3.63. The molecule has 0 spiro atoms. The fourth-order valence-electron chi connectivity index (χ4n) is 1.66. The largest absolute Gasteiger partial charge is 0.497 e. The number of hydrogen-bond acceptors (Lipinski definition) is 3. The van der Waals surface area contributed by atoms with Gasteiger partial charge < -0.3 is 14.8 Å². The Morgan fingerprint density at radius 1 is 1.19 bits per heavy atom. The molecule has 1 rings (SSSR count). The van der Waals surface area contributed by atoms with Crippen LogP contribution in [0.15, 0.2) is 18.2 Å². The summed E-state index contributed by atoms with van der Waals surface area (Å²) >= 11 is 0. The van der Waals surface area contributed by atoms with E-state index in [1.54, 1.807) is 14.2 Å². The molecule has 90 valence electrons. The summed E-state index contributed by atoms with van der Waals surface area (Å²) in [7, 11) is 3.39. The predicted molar refractivity (Wildman–Crippen MR) is 66.4 cm³/mol. The summed E-state index contributed by atoms with van der Waals surface area (Å²) < 4.78 is 10.5. The van der Waals surface area contributed by atoms with Gasteiger partial charge in [0.15, 0.2) is 0 Å². The van der Waals surface area contributed by atoms with E-state index in [0.717, 1.165) is 37.4 Å². The molecule has 3 nitrogen and oxygen atoms in total. The quantitative estimate of drug-likeness (QED) is 0.719. The van der Waals surface area contributed by atoms with Gasteiger partial charge in [-0.3, -0.25) is 0 Å². The topological polar surface area (TPSA) is 30.5 Å². The first-order valence-electron chi connectivity index (χ1n) is 5.73. The molecule has 0 saturated heterocycles. The number of nitrogens with one attached hydrogen (secondary N) is 1. The van der Waals surface area contributed by atoms with Gasteiger partial charge in [0.05, 0.1) is 14.2 Å². The standard InChI is InChI=1S/C13H21NO2/c1-4-14-9-5-6-11-10-12(15-2)7-8-13(11)16-3/h7-8,10,14H,4-6,9H2,1-3H3. The molecule has 0 heterocycles. The van der Waals surface area contributed by atoms with Crippen molar-refractivity contribution < 1.29 is 9.47 Å². The maximum atomic E-state index is 5.33. The fraction of sp³-hybridized carbons (Fsp3) is 0.538. The molecule has 0 bridgehead atoms. The summed E-state index contributed by atoms with van der Waals surface area (Å²) in [5, 5.41) is 3.31. The fourth-order valence-corrected chi connectivity index (χ4v) is 1.66. The lowest BCUT2D eigenvalue weighted by molar-refractivity contribution is 0.398. The van der Waals surface area contributed by atoms with Gasteiger partial charge in [-0.25, -0.2) is 0 Å². The monoisotopic (exact) mass is 223 g/mol. The van der Waals surface area contributed by atoms with E-state index in [1.165, 1.54) is 5.56 Å². The molecule has 1 aromatic carbocycles. The molecular formula is C13H21NO2. The van der Waals surface area contributed by atoms with E-state index >= 15 is 0 Å². The maximum absolute atomic E-state index is 5.33. The molecule has 0 aliphatic heterocycles. The van der Waals surface area contributed by atoms with Gasteiger partial charge in [0.2, 0.25) is 0 Å². The van der Waals surface area contributed by atoms with Gasteiger partial charge in [-0.05, 0) is 49.7 Å². The molecule has 0 fully saturated rings. The minimum absolute atomic E-state index is 0.888. The van der Waals surface area contributed by atoms with Crippen LogP contribution in [0.4, 0.5) is 0 Å². The van der Waals surface area contributed by atoms with Gasteiger partial charge in [0, 0.05) is 0 Å². The lowest BCUT2D eigenvalue weighted by atomic mass is 10.1. The highest BCUT2D eigenvalue weighted by Gasteiger charge is 2.04. The molecule has 1 aromatic rings. The highest BCUT2D eigenvalue weighted by Crippen LogP contribution is 2.24. The molecule has 1 N–H and O–H groups in total. The van der Waals surface area contributed by atoms with E-state index in [9.17, 15) is 0 Å². The highest BCUT2D eigenvalue weighted by molar-refractivity contribution is 5.40. The van der Waals surface area contributed by atoms with E-state index in [1.807, 2.05) is 18.2 Å². The molecule has 0 aromatic heterocycles. The molecule has 16 heavy (non-hydrogen) atoms. The van der Waals surface area contributed by atoms with Crippen LogP contribution in [0.1, 0.15) is 18.9 Å². The third-order valence-corrected chi connectivity index (χ3v) is 2.54. The minimum Gasteiger partial charge on any atom is -0.497 e. The average Bonchev–Trinajstić information content (AvgIpc) is 2.34. The van der Waals surface area contributed by atoms with Crippen LogP contribution in [0.5, 0.6) is 11.5 Å². The number of rotatable bonds is 7. The molecule has 0 unspecified atom stereocenters. The summed E-state index contributed by atoms with van der Waals surface area (Å²) in [6, 6.07) is 5.93. The first kappa shape index (κ1) is 12.8. The van der Waals surface area contributed by atoms with Gasteiger partial charge in [0.1, 0.15) is 11.5 Å². The molecule has 0 aliphatic carbocycles. The number of ether oxygens (including phenoxy) is 2.